The second-order valence-corrected chi connectivity index (χ2v) is 4.15. The third-order valence-corrected chi connectivity index (χ3v) is 2.40. The highest BCUT2D eigenvalue weighted by atomic mass is 35.5. The molecule has 0 saturated carbocycles. The molecule has 0 spiro atoms. The Labute approximate surface area is 110 Å². The second-order valence-electron chi connectivity index (χ2n) is 3.48. The standard InChI is InChI=1S/C9H13Cl2N5O/c1-4-16(5-6(17)15(2)3)9-13-7(10)12-8(11)14-9/h4-5H2,1-3H3. The molecule has 0 saturated heterocycles. The van der Waals surface area contributed by atoms with Crippen molar-refractivity contribution in [2.45, 2.75) is 6.92 Å². The van der Waals surface area contributed by atoms with Crippen molar-refractivity contribution in [1.29, 1.82) is 0 Å². The lowest BCUT2D eigenvalue weighted by Gasteiger charge is -2.21. The van der Waals surface area contributed by atoms with Gasteiger partial charge in [-0.2, -0.15) is 15.0 Å². The molecule has 0 N–H and O–H groups in total. The highest BCUT2D eigenvalue weighted by Gasteiger charge is 2.15. The number of carbonyl (C=O) groups excluding carboxylic acids is 1. The van der Waals surface area contributed by atoms with E-state index in [0.717, 1.165) is 0 Å². The van der Waals surface area contributed by atoms with Crippen LogP contribution in [-0.4, -0.2) is 52.9 Å². The van der Waals surface area contributed by atoms with Crippen LogP contribution in [0.2, 0.25) is 10.6 Å². The van der Waals surface area contributed by atoms with Gasteiger partial charge in [0.15, 0.2) is 0 Å². The minimum absolute atomic E-state index is 0.00996. The minimum Gasteiger partial charge on any atom is -0.347 e. The lowest BCUT2D eigenvalue weighted by Crippen LogP contribution is -2.37. The van der Waals surface area contributed by atoms with Gasteiger partial charge in [-0.25, -0.2) is 0 Å². The summed E-state index contributed by atoms with van der Waals surface area (Å²) in [6, 6.07) is 0. The Morgan fingerprint density at radius 2 is 1.71 bits per heavy atom. The first-order valence-corrected chi connectivity index (χ1v) is 5.71. The summed E-state index contributed by atoms with van der Waals surface area (Å²) in [6.45, 7) is 2.62. The molecule has 0 aromatic carbocycles. The minimum atomic E-state index is -0.0560. The molecule has 0 unspecified atom stereocenters. The van der Waals surface area contributed by atoms with Gasteiger partial charge in [0.2, 0.25) is 22.4 Å². The SMILES string of the molecule is CCN(CC(=O)N(C)C)c1nc(Cl)nc(Cl)n1. The maximum absolute atomic E-state index is 11.6. The fourth-order valence-electron chi connectivity index (χ4n) is 1.09. The first kappa shape index (κ1) is 13.9. The molecule has 6 nitrogen and oxygen atoms in total. The molecule has 0 aliphatic rings. The van der Waals surface area contributed by atoms with Crippen molar-refractivity contribution in [3.8, 4) is 0 Å². The van der Waals surface area contributed by atoms with E-state index in [-0.39, 0.29) is 23.0 Å². The number of rotatable bonds is 4. The number of carbonyl (C=O) groups is 1. The van der Waals surface area contributed by atoms with Crippen LogP contribution in [0.1, 0.15) is 6.92 Å². The van der Waals surface area contributed by atoms with Gasteiger partial charge in [-0.3, -0.25) is 4.79 Å². The Bertz CT molecular complexity index is 392. The molecule has 0 fully saturated rings. The number of likely N-dealkylation sites (N-methyl/N-ethyl adjacent to an activating group) is 2. The predicted molar refractivity (Wildman–Crippen MR) is 66.4 cm³/mol. The molecule has 8 heteroatoms. The average molecular weight is 278 g/mol. The quantitative estimate of drug-likeness (QED) is 0.825. The maximum Gasteiger partial charge on any atom is 0.241 e. The predicted octanol–water partition coefficient (Wildman–Crippen LogP) is 1.09. The van der Waals surface area contributed by atoms with Crippen molar-refractivity contribution < 1.29 is 4.79 Å². The first-order chi connectivity index (χ1) is 7.93. The van der Waals surface area contributed by atoms with Crippen LogP contribution in [0.3, 0.4) is 0 Å². The van der Waals surface area contributed by atoms with Gasteiger partial charge >= 0.3 is 0 Å². The van der Waals surface area contributed by atoms with Crippen molar-refractivity contribution in [3.63, 3.8) is 0 Å². The lowest BCUT2D eigenvalue weighted by atomic mass is 10.4. The number of amides is 1. The van der Waals surface area contributed by atoms with E-state index in [9.17, 15) is 4.79 Å². The zero-order chi connectivity index (χ0) is 13.0. The summed E-state index contributed by atoms with van der Waals surface area (Å²) < 4.78 is 0. The molecule has 0 bridgehead atoms. The number of halogens is 2. The third kappa shape index (κ3) is 3.98. The second kappa shape index (κ2) is 5.97. The molecule has 1 aromatic heterocycles. The number of aromatic nitrogens is 3. The molecular formula is C9H13Cl2N5O. The largest absolute Gasteiger partial charge is 0.347 e. The van der Waals surface area contributed by atoms with Crippen LogP contribution in [0, 0.1) is 0 Å². The van der Waals surface area contributed by atoms with Crippen LogP contribution < -0.4 is 4.90 Å². The summed E-state index contributed by atoms with van der Waals surface area (Å²) in [6.07, 6.45) is 0. The third-order valence-electron chi connectivity index (χ3n) is 2.06. The van der Waals surface area contributed by atoms with Crippen LogP contribution in [0.15, 0.2) is 0 Å². The van der Waals surface area contributed by atoms with Crippen LogP contribution in [0.5, 0.6) is 0 Å². The van der Waals surface area contributed by atoms with Gasteiger partial charge in [0.05, 0.1) is 6.54 Å². The molecule has 1 aromatic rings. The van der Waals surface area contributed by atoms with E-state index < -0.39 is 0 Å². The molecular weight excluding hydrogens is 265 g/mol. The van der Waals surface area contributed by atoms with E-state index in [2.05, 4.69) is 15.0 Å². The molecule has 1 rings (SSSR count). The van der Waals surface area contributed by atoms with Crippen molar-refractivity contribution >= 4 is 35.1 Å². The van der Waals surface area contributed by atoms with Crippen molar-refractivity contribution in [1.82, 2.24) is 19.9 Å². The van der Waals surface area contributed by atoms with Gasteiger partial charge in [-0.05, 0) is 30.1 Å². The number of hydrogen-bond donors (Lipinski definition) is 0. The Hall–Kier alpha value is -1.14. The Balaban J connectivity index is 2.89. The zero-order valence-electron chi connectivity index (χ0n) is 9.81. The topological polar surface area (TPSA) is 62.2 Å². The van der Waals surface area contributed by atoms with Crippen LogP contribution in [0.25, 0.3) is 0 Å². The van der Waals surface area contributed by atoms with E-state index >= 15 is 0 Å². The number of anilines is 1. The maximum atomic E-state index is 11.6. The van der Waals surface area contributed by atoms with Gasteiger partial charge in [-0.15, -0.1) is 0 Å². The van der Waals surface area contributed by atoms with E-state index in [1.54, 1.807) is 19.0 Å². The van der Waals surface area contributed by atoms with Gasteiger partial charge in [0.1, 0.15) is 0 Å². The normalized spacial score (nSPS) is 10.2. The van der Waals surface area contributed by atoms with E-state index in [1.807, 2.05) is 6.92 Å². The van der Waals surface area contributed by atoms with Gasteiger partial charge in [0.25, 0.3) is 0 Å². The Morgan fingerprint density at radius 3 is 2.12 bits per heavy atom. The molecule has 1 heterocycles. The smallest absolute Gasteiger partial charge is 0.241 e. The highest BCUT2D eigenvalue weighted by Crippen LogP contribution is 2.13. The van der Waals surface area contributed by atoms with Gasteiger partial charge in [0, 0.05) is 20.6 Å². The molecule has 0 atom stereocenters. The summed E-state index contributed by atoms with van der Waals surface area (Å²) in [4.78, 5) is 26.3. The fourth-order valence-corrected chi connectivity index (χ4v) is 1.44. The summed E-state index contributed by atoms with van der Waals surface area (Å²) >= 11 is 11.4. The molecule has 0 radical (unpaired) electrons. The first-order valence-electron chi connectivity index (χ1n) is 4.96. The van der Waals surface area contributed by atoms with Crippen molar-refractivity contribution in [2.75, 3.05) is 32.1 Å². The zero-order valence-corrected chi connectivity index (χ0v) is 11.3. The van der Waals surface area contributed by atoms with Crippen molar-refractivity contribution in [2.24, 2.45) is 0 Å². The summed E-state index contributed by atoms with van der Waals surface area (Å²) in [5.74, 6) is 0.243. The van der Waals surface area contributed by atoms with Crippen LogP contribution in [-0.2, 0) is 4.79 Å². The van der Waals surface area contributed by atoms with E-state index in [1.165, 1.54) is 4.90 Å². The van der Waals surface area contributed by atoms with Crippen molar-refractivity contribution in [3.05, 3.63) is 10.6 Å². The van der Waals surface area contributed by atoms with Crippen LogP contribution >= 0.6 is 23.2 Å². The summed E-state index contributed by atoms with van der Waals surface area (Å²) in [5.41, 5.74) is 0. The lowest BCUT2D eigenvalue weighted by molar-refractivity contribution is -0.127. The fraction of sp³-hybridized carbons (Fsp3) is 0.556. The Morgan fingerprint density at radius 1 is 1.18 bits per heavy atom. The van der Waals surface area contributed by atoms with E-state index in [4.69, 9.17) is 23.2 Å². The molecule has 94 valence electrons. The van der Waals surface area contributed by atoms with Crippen LogP contribution in [0.4, 0.5) is 5.95 Å². The highest BCUT2D eigenvalue weighted by molar-refractivity contribution is 6.31. The molecule has 1 amide bonds. The summed E-state index contributed by atoms with van der Waals surface area (Å²) in [5, 5.41) is 0.0199. The monoisotopic (exact) mass is 277 g/mol. The molecule has 0 aliphatic carbocycles. The number of nitrogens with zero attached hydrogens (tertiary/aromatic N) is 5. The molecule has 0 aliphatic heterocycles. The van der Waals surface area contributed by atoms with Gasteiger partial charge in [-0.1, -0.05) is 0 Å². The van der Waals surface area contributed by atoms with Gasteiger partial charge < -0.3 is 9.80 Å². The summed E-state index contributed by atoms with van der Waals surface area (Å²) in [7, 11) is 3.37. The molecule has 17 heavy (non-hydrogen) atoms. The average Bonchev–Trinajstić information content (AvgIpc) is 2.23. The Kier molecular flexibility index (Phi) is 4.89. The van der Waals surface area contributed by atoms with E-state index in [0.29, 0.717) is 12.5 Å². The number of hydrogen-bond acceptors (Lipinski definition) is 5.